The number of hydrogen-bond acceptors (Lipinski definition) is 4. The summed E-state index contributed by atoms with van der Waals surface area (Å²) in [5.74, 6) is 1.39. The summed E-state index contributed by atoms with van der Waals surface area (Å²) >= 11 is 0. The van der Waals surface area contributed by atoms with Crippen LogP contribution in [0.5, 0.6) is 11.5 Å². The molecule has 0 unspecified atom stereocenters. The Morgan fingerprint density at radius 1 is 1.27 bits per heavy atom. The minimum atomic E-state index is -0.217. The molecule has 0 bridgehead atoms. The molecule has 6 nitrogen and oxygen atoms in total. The van der Waals surface area contributed by atoms with E-state index in [1.807, 2.05) is 12.1 Å². The monoisotopic (exact) mass is 301 g/mol. The molecule has 0 radical (unpaired) electrons. The van der Waals surface area contributed by atoms with Gasteiger partial charge in [0.25, 0.3) is 0 Å². The van der Waals surface area contributed by atoms with E-state index in [1.165, 1.54) is 0 Å². The van der Waals surface area contributed by atoms with Gasteiger partial charge in [0.1, 0.15) is 11.5 Å². The molecule has 6 heteroatoms. The topological polar surface area (TPSA) is 63.7 Å². The Hall–Kier alpha value is -2.76. The van der Waals surface area contributed by atoms with Crippen LogP contribution in [0, 0.1) is 0 Å². The lowest BCUT2D eigenvalue weighted by Gasteiger charge is -2.19. The third-order valence-corrected chi connectivity index (χ3v) is 3.16. The van der Waals surface area contributed by atoms with E-state index >= 15 is 0 Å². The van der Waals surface area contributed by atoms with Crippen molar-refractivity contribution >= 4 is 11.7 Å². The van der Waals surface area contributed by atoms with Crippen LogP contribution in [0.1, 0.15) is 5.56 Å². The molecule has 0 atom stereocenters. The third kappa shape index (κ3) is 3.88. The molecule has 0 aliphatic heterocycles. The summed E-state index contributed by atoms with van der Waals surface area (Å²) in [6, 6.07) is 8.85. The number of carbonyl (C=O) groups is 1. The molecule has 2 amide bonds. The van der Waals surface area contributed by atoms with E-state index in [0.29, 0.717) is 23.7 Å². The van der Waals surface area contributed by atoms with Crippen molar-refractivity contribution in [2.75, 3.05) is 26.6 Å². The van der Waals surface area contributed by atoms with Gasteiger partial charge in [-0.2, -0.15) is 0 Å². The SMILES string of the molecule is COc1ccc(CN(C)C(=O)Nc2cccnc2)c(OC)c1. The first-order valence-corrected chi connectivity index (χ1v) is 6.77. The fourth-order valence-electron chi connectivity index (χ4n) is 1.97. The second-order valence-corrected chi connectivity index (χ2v) is 4.71. The molecule has 22 heavy (non-hydrogen) atoms. The average molecular weight is 301 g/mol. The summed E-state index contributed by atoms with van der Waals surface area (Å²) in [6.45, 7) is 0.416. The van der Waals surface area contributed by atoms with E-state index in [-0.39, 0.29) is 6.03 Å². The van der Waals surface area contributed by atoms with E-state index in [9.17, 15) is 4.79 Å². The summed E-state index contributed by atoms with van der Waals surface area (Å²) in [7, 11) is 4.91. The Balaban J connectivity index is 2.05. The lowest BCUT2D eigenvalue weighted by Crippen LogP contribution is -2.31. The lowest BCUT2D eigenvalue weighted by molar-refractivity contribution is 0.220. The molecular weight excluding hydrogens is 282 g/mol. The van der Waals surface area contributed by atoms with Gasteiger partial charge in [-0.15, -0.1) is 0 Å². The summed E-state index contributed by atoms with van der Waals surface area (Å²) < 4.78 is 10.5. The number of hydrogen-bond donors (Lipinski definition) is 1. The van der Waals surface area contributed by atoms with Gasteiger partial charge in [-0.25, -0.2) is 4.79 Å². The van der Waals surface area contributed by atoms with Crippen molar-refractivity contribution in [1.29, 1.82) is 0 Å². The number of benzene rings is 1. The van der Waals surface area contributed by atoms with Crippen LogP contribution in [0.15, 0.2) is 42.7 Å². The van der Waals surface area contributed by atoms with Gasteiger partial charge in [0.2, 0.25) is 0 Å². The standard InChI is InChI=1S/C16H19N3O3/c1-19(16(20)18-13-5-4-8-17-10-13)11-12-6-7-14(21-2)9-15(12)22-3/h4-10H,11H2,1-3H3,(H,18,20). The summed E-state index contributed by atoms with van der Waals surface area (Å²) in [4.78, 5) is 17.7. The zero-order valence-electron chi connectivity index (χ0n) is 12.9. The summed E-state index contributed by atoms with van der Waals surface area (Å²) in [5, 5.41) is 2.78. The number of amides is 2. The molecule has 0 spiro atoms. The molecule has 116 valence electrons. The zero-order chi connectivity index (χ0) is 15.9. The Morgan fingerprint density at radius 2 is 2.09 bits per heavy atom. The van der Waals surface area contributed by atoms with Gasteiger partial charge in [0, 0.05) is 24.9 Å². The smallest absolute Gasteiger partial charge is 0.321 e. The van der Waals surface area contributed by atoms with Gasteiger partial charge in [-0.1, -0.05) is 0 Å². The molecule has 1 heterocycles. The first-order chi connectivity index (χ1) is 10.6. The number of carbonyl (C=O) groups excluding carboxylic acids is 1. The predicted octanol–water partition coefficient (Wildman–Crippen LogP) is 2.76. The number of nitrogens with zero attached hydrogens (tertiary/aromatic N) is 2. The highest BCUT2D eigenvalue weighted by molar-refractivity contribution is 5.88. The molecule has 1 N–H and O–H groups in total. The van der Waals surface area contributed by atoms with Crippen LogP contribution in [0.25, 0.3) is 0 Å². The second-order valence-electron chi connectivity index (χ2n) is 4.71. The molecule has 0 aliphatic rings. The van der Waals surface area contributed by atoms with E-state index in [2.05, 4.69) is 10.3 Å². The third-order valence-electron chi connectivity index (χ3n) is 3.16. The first-order valence-electron chi connectivity index (χ1n) is 6.77. The van der Waals surface area contributed by atoms with Crippen molar-refractivity contribution in [3.8, 4) is 11.5 Å². The molecule has 1 aromatic carbocycles. The van der Waals surface area contributed by atoms with Crippen molar-refractivity contribution in [2.45, 2.75) is 6.54 Å². The number of aromatic nitrogens is 1. The van der Waals surface area contributed by atoms with Crippen LogP contribution in [0.2, 0.25) is 0 Å². The Bertz CT molecular complexity index is 632. The number of pyridine rings is 1. The number of rotatable bonds is 5. The number of anilines is 1. The maximum absolute atomic E-state index is 12.2. The fraction of sp³-hybridized carbons (Fsp3) is 0.250. The van der Waals surface area contributed by atoms with Crippen molar-refractivity contribution in [3.05, 3.63) is 48.3 Å². The Kier molecular flexibility index (Phi) is 5.19. The number of nitrogens with one attached hydrogen (secondary N) is 1. The number of urea groups is 1. The highest BCUT2D eigenvalue weighted by Crippen LogP contribution is 2.25. The second kappa shape index (κ2) is 7.31. The molecule has 0 fully saturated rings. The predicted molar refractivity (Wildman–Crippen MR) is 84.3 cm³/mol. The highest BCUT2D eigenvalue weighted by atomic mass is 16.5. The van der Waals surface area contributed by atoms with Crippen molar-refractivity contribution in [2.24, 2.45) is 0 Å². The van der Waals surface area contributed by atoms with E-state index in [0.717, 1.165) is 5.56 Å². The van der Waals surface area contributed by atoms with Gasteiger partial charge in [0.05, 0.1) is 32.6 Å². The van der Waals surface area contributed by atoms with Crippen LogP contribution in [0.4, 0.5) is 10.5 Å². The zero-order valence-corrected chi connectivity index (χ0v) is 12.9. The minimum absolute atomic E-state index is 0.217. The maximum Gasteiger partial charge on any atom is 0.321 e. The molecular formula is C16H19N3O3. The highest BCUT2D eigenvalue weighted by Gasteiger charge is 2.13. The number of ether oxygens (including phenoxy) is 2. The van der Waals surface area contributed by atoms with Gasteiger partial charge in [0.15, 0.2) is 0 Å². The fourth-order valence-corrected chi connectivity index (χ4v) is 1.97. The van der Waals surface area contributed by atoms with E-state index < -0.39 is 0 Å². The van der Waals surface area contributed by atoms with Crippen molar-refractivity contribution in [1.82, 2.24) is 9.88 Å². The van der Waals surface area contributed by atoms with Crippen LogP contribution >= 0.6 is 0 Å². The van der Waals surface area contributed by atoms with Crippen molar-refractivity contribution < 1.29 is 14.3 Å². The number of methoxy groups -OCH3 is 2. The largest absolute Gasteiger partial charge is 0.497 e. The molecule has 2 aromatic rings. The van der Waals surface area contributed by atoms with Crippen LogP contribution < -0.4 is 14.8 Å². The molecule has 2 rings (SSSR count). The summed E-state index contributed by atoms with van der Waals surface area (Å²) in [6.07, 6.45) is 3.25. The molecule has 0 aliphatic carbocycles. The molecule has 0 saturated carbocycles. The van der Waals surface area contributed by atoms with E-state index in [1.54, 1.807) is 56.8 Å². The van der Waals surface area contributed by atoms with E-state index in [4.69, 9.17) is 9.47 Å². The van der Waals surface area contributed by atoms with Gasteiger partial charge in [-0.3, -0.25) is 4.98 Å². The molecule has 1 aromatic heterocycles. The summed E-state index contributed by atoms with van der Waals surface area (Å²) in [5.41, 5.74) is 1.55. The lowest BCUT2D eigenvalue weighted by atomic mass is 10.2. The van der Waals surface area contributed by atoms with Gasteiger partial charge >= 0.3 is 6.03 Å². The quantitative estimate of drug-likeness (QED) is 0.922. The first kappa shape index (κ1) is 15.6. The molecule has 0 saturated heterocycles. The van der Waals surface area contributed by atoms with Crippen LogP contribution in [-0.2, 0) is 6.54 Å². The van der Waals surface area contributed by atoms with Crippen LogP contribution in [-0.4, -0.2) is 37.2 Å². The Morgan fingerprint density at radius 3 is 2.73 bits per heavy atom. The van der Waals surface area contributed by atoms with Gasteiger partial charge < -0.3 is 19.7 Å². The normalized spacial score (nSPS) is 9.95. The average Bonchev–Trinajstić information content (AvgIpc) is 2.56. The Labute approximate surface area is 129 Å². The van der Waals surface area contributed by atoms with Crippen molar-refractivity contribution in [3.63, 3.8) is 0 Å². The minimum Gasteiger partial charge on any atom is -0.497 e. The maximum atomic E-state index is 12.2. The van der Waals surface area contributed by atoms with Gasteiger partial charge in [-0.05, 0) is 24.3 Å². The van der Waals surface area contributed by atoms with Crippen LogP contribution in [0.3, 0.4) is 0 Å².